The number of hydrogen-bond acceptors (Lipinski definition) is 3. The quantitative estimate of drug-likeness (QED) is 0.403. The molecule has 0 bridgehead atoms. The van der Waals surface area contributed by atoms with Gasteiger partial charge in [0.25, 0.3) is 0 Å². The van der Waals surface area contributed by atoms with E-state index in [2.05, 4.69) is 0 Å². The van der Waals surface area contributed by atoms with Gasteiger partial charge < -0.3 is 15.3 Å². The van der Waals surface area contributed by atoms with Crippen molar-refractivity contribution < 1.29 is 45.0 Å². The van der Waals surface area contributed by atoms with Crippen LogP contribution < -0.4 is 4.40 Å². The van der Waals surface area contributed by atoms with E-state index in [4.69, 9.17) is 15.3 Å². The summed E-state index contributed by atoms with van der Waals surface area (Å²) < 4.78 is 14.1. The van der Waals surface area contributed by atoms with Crippen LogP contribution in [0.1, 0.15) is 62.3 Å². The molecule has 1 aromatic rings. The van der Waals surface area contributed by atoms with Gasteiger partial charge in [0, 0.05) is 26.2 Å². The summed E-state index contributed by atoms with van der Waals surface area (Å²) in [4.78, 5) is 0. The molecule has 0 radical (unpaired) electrons. The Labute approximate surface area is 177 Å². The Morgan fingerprint density at radius 2 is 0.840 bits per heavy atom. The molecule has 1 rings (SSSR count). The van der Waals surface area contributed by atoms with Crippen LogP contribution in [0.3, 0.4) is 0 Å². The van der Waals surface area contributed by atoms with Gasteiger partial charge in [-0.1, -0.05) is 0 Å². The molecular formula is C19H40FGeO3Zr-. The number of halogens is 1. The first-order valence-corrected chi connectivity index (χ1v) is 14.2. The van der Waals surface area contributed by atoms with Crippen molar-refractivity contribution in [2.24, 2.45) is 0 Å². The van der Waals surface area contributed by atoms with E-state index in [1.807, 2.05) is 24.3 Å². The first-order valence-electron chi connectivity index (χ1n) is 8.19. The zero-order valence-corrected chi connectivity index (χ0v) is 22.6. The molecule has 3 N–H and O–H groups in total. The fraction of sp³-hybridized carbons (Fsp3) is 0.737. The van der Waals surface area contributed by atoms with Gasteiger partial charge in [-0.2, -0.15) is 0 Å². The van der Waals surface area contributed by atoms with E-state index in [0.29, 0.717) is 0 Å². The van der Waals surface area contributed by atoms with E-state index in [9.17, 15) is 3.50 Å². The summed E-state index contributed by atoms with van der Waals surface area (Å²) >= 11 is -2.94. The molecule has 0 saturated heterocycles. The summed E-state index contributed by atoms with van der Waals surface area (Å²) in [5.74, 6) is 3.49. The van der Waals surface area contributed by atoms with Crippen LogP contribution in [-0.4, -0.2) is 45.9 Å². The molecule has 0 amide bonds. The minimum absolute atomic E-state index is 0. The van der Waals surface area contributed by atoms with E-state index in [1.54, 1.807) is 73.8 Å². The molecule has 0 atom stereocenters. The number of rotatable bonds is 1. The van der Waals surface area contributed by atoms with Crippen molar-refractivity contribution in [3.8, 4) is 0 Å². The molecule has 0 fully saturated rings. The average molecular weight is 499 g/mol. The topological polar surface area (TPSA) is 60.7 Å². The molecule has 0 aliphatic carbocycles. The fourth-order valence-electron chi connectivity index (χ4n) is 0.770. The summed E-state index contributed by atoms with van der Waals surface area (Å²) in [6, 6.07) is 7.53. The van der Waals surface area contributed by atoms with Crippen LogP contribution in [0.5, 0.6) is 0 Å². The summed E-state index contributed by atoms with van der Waals surface area (Å²) in [5.41, 5.74) is -1.50. The third-order valence-corrected chi connectivity index (χ3v) is 4.93. The predicted octanol–water partition coefficient (Wildman–Crippen LogP) is 4.12. The van der Waals surface area contributed by atoms with Crippen LogP contribution in [0.15, 0.2) is 24.3 Å². The maximum absolute atomic E-state index is 13.1. The van der Waals surface area contributed by atoms with Gasteiger partial charge >= 0.3 is 57.4 Å². The van der Waals surface area contributed by atoms with Gasteiger partial charge in [-0.15, -0.1) is 0 Å². The van der Waals surface area contributed by atoms with Crippen molar-refractivity contribution in [2.45, 2.75) is 90.6 Å². The van der Waals surface area contributed by atoms with E-state index in [0.717, 1.165) is 4.40 Å². The van der Waals surface area contributed by atoms with Crippen LogP contribution >= 0.6 is 0 Å². The van der Waals surface area contributed by atoms with Crippen molar-refractivity contribution in [1.82, 2.24) is 0 Å². The second kappa shape index (κ2) is 13.7. The van der Waals surface area contributed by atoms with Crippen molar-refractivity contribution in [3.05, 3.63) is 24.3 Å². The third kappa shape index (κ3) is 67.9. The van der Waals surface area contributed by atoms with Crippen LogP contribution in [0.4, 0.5) is 3.50 Å². The molecule has 0 aliphatic heterocycles. The van der Waals surface area contributed by atoms with E-state index < -0.39 is 30.5 Å². The van der Waals surface area contributed by atoms with Crippen LogP contribution in [0.25, 0.3) is 0 Å². The largest absolute Gasteiger partial charge is 0 e. The predicted molar refractivity (Wildman–Crippen MR) is 106 cm³/mol. The van der Waals surface area contributed by atoms with E-state index in [-0.39, 0.29) is 26.2 Å². The Morgan fingerprint density at radius 3 is 0.920 bits per heavy atom. The second-order valence-electron chi connectivity index (χ2n) is 9.16. The maximum atomic E-state index is 13.1. The first kappa shape index (κ1) is 33.2. The molecule has 25 heavy (non-hydrogen) atoms. The third-order valence-electron chi connectivity index (χ3n) is 1.35. The normalized spacial score (nSPS) is 11.5. The molecule has 1 aromatic carbocycles. The maximum Gasteiger partial charge on any atom is 0 e. The number of hydrogen-bond donors (Lipinski definition) is 3. The minimum Gasteiger partial charge on any atom is 0 e. The van der Waals surface area contributed by atoms with Gasteiger partial charge in [0.05, 0.1) is 16.8 Å². The van der Waals surface area contributed by atoms with Crippen LogP contribution in [0, 0.1) is 0 Å². The molecule has 0 spiro atoms. The Balaban J connectivity index is -0.000000122. The van der Waals surface area contributed by atoms with Gasteiger partial charge in [-0.3, -0.25) is 0 Å². The molecular weight excluding hydrogens is 459 g/mol. The monoisotopic (exact) mass is 499 g/mol. The van der Waals surface area contributed by atoms with Crippen molar-refractivity contribution in [2.75, 3.05) is 0 Å². The average Bonchev–Trinajstić information content (AvgIpc) is 2.58. The smallest absolute Gasteiger partial charge is 0 e. The number of aliphatic hydroxyl groups is 3. The van der Waals surface area contributed by atoms with E-state index >= 15 is 0 Å². The summed E-state index contributed by atoms with van der Waals surface area (Å²) in [5, 5.41) is 25.6. The van der Waals surface area contributed by atoms with Crippen molar-refractivity contribution in [3.63, 3.8) is 0 Å². The Morgan fingerprint density at radius 1 is 0.680 bits per heavy atom. The molecule has 0 heterocycles. The summed E-state index contributed by atoms with van der Waals surface area (Å²) in [6.45, 7) is 15.7. The van der Waals surface area contributed by atoms with E-state index in [1.165, 1.54) is 0 Å². The van der Waals surface area contributed by atoms with Gasteiger partial charge in [0.1, 0.15) is 0 Å². The molecule has 0 saturated carbocycles. The summed E-state index contributed by atoms with van der Waals surface area (Å²) in [6.07, 6.45) is 0. The van der Waals surface area contributed by atoms with Crippen molar-refractivity contribution >= 4 is 18.1 Å². The molecule has 150 valence electrons. The molecule has 3 nitrogen and oxygen atoms in total. The summed E-state index contributed by atoms with van der Waals surface area (Å²) in [7, 11) is 0. The zero-order valence-electron chi connectivity index (χ0n) is 18.0. The van der Waals surface area contributed by atoms with Gasteiger partial charge in [-0.25, -0.2) is 0 Å². The van der Waals surface area contributed by atoms with Crippen LogP contribution in [0.2, 0.25) is 11.5 Å². The SMILES string of the molecule is CC(C)(C)O.CC(C)(C)O.CC(C)(C)O.[CH3][Ge]([CH3])([F])[c-]1cccc1.[Zr]. The van der Waals surface area contributed by atoms with Gasteiger partial charge in [0.15, 0.2) is 0 Å². The van der Waals surface area contributed by atoms with Crippen LogP contribution in [-0.2, 0) is 26.2 Å². The fourth-order valence-corrected chi connectivity index (χ4v) is 2.84. The first-order chi connectivity index (χ1) is 10.1. The van der Waals surface area contributed by atoms with Gasteiger partial charge in [-0.05, 0) is 62.3 Å². The minimum atomic E-state index is -2.94. The van der Waals surface area contributed by atoms with Crippen molar-refractivity contribution in [1.29, 1.82) is 0 Å². The Bertz CT molecular complexity index is 348. The Kier molecular flexibility index (Phi) is 18.2. The Hall–Kier alpha value is 0.586. The zero-order chi connectivity index (χ0) is 20.4. The van der Waals surface area contributed by atoms with Gasteiger partial charge in [0.2, 0.25) is 0 Å². The second-order valence-corrected chi connectivity index (χ2v) is 16.5. The molecule has 0 aromatic heterocycles. The molecule has 0 unspecified atom stereocenters. The standard InChI is InChI=1S/C7H10FGe.3C4H10O.Zr/c1-9(2,8)7-5-3-4-6-7;3*1-4(2,3)5;/h3-6H,1-2H3;3*5H,1-3H3;/q-1;;;;. The molecule has 6 heteroatoms. The molecule has 0 aliphatic rings.